The van der Waals surface area contributed by atoms with E-state index in [1.807, 2.05) is 12.1 Å². The number of hydrogen-bond acceptors (Lipinski definition) is 2. The molecule has 0 atom stereocenters. The normalized spacial score (nSPS) is 10.8. The first-order valence-electron chi connectivity index (χ1n) is 5.61. The fourth-order valence-corrected chi connectivity index (χ4v) is 2.03. The maximum Gasteiger partial charge on any atom is 0.272 e. The van der Waals surface area contributed by atoms with Crippen LogP contribution in [0.15, 0.2) is 47.6 Å². The lowest BCUT2D eigenvalue weighted by Crippen LogP contribution is -2.18. The van der Waals surface area contributed by atoms with Gasteiger partial charge in [0.05, 0.1) is 16.8 Å². The third-order valence-electron chi connectivity index (χ3n) is 2.45. The van der Waals surface area contributed by atoms with Gasteiger partial charge >= 0.3 is 0 Å². The van der Waals surface area contributed by atoms with Gasteiger partial charge < -0.3 is 0 Å². The Labute approximate surface area is 131 Å². The molecule has 0 spiro atoms. The maximum absolute atomic E-state index is 11.9. The molecule has 2 aromatic carbocycles. The minimum absolute atomic E-state index is 0.260. The van der Waals surface area contributed by atoms with Gasteiger partial charge in [-0.1, -0.05) is 53.0 Å². The number of amides is 1. The van der Waals surface area contributed by atoms with Gasteiger partial charge in [0.2, 0.25) is 0 Å². The van der Waals surface area contributed by atoms with E-state index in [0.717, 1.165) is 0 Å². The van der Waals surface area contributed by atoms with E-state index in [1.54, 1.807) is 24.3 Å². The number of halogens is 3. The van der Waals surface area contributed by atoms with Crippen LogP contribution in [0, 0.1) is 0 Å². The first-order chi connectivity index (χ1) is 9.58. The fourth-order valence-electron chi connectivity index (χ4n) is 1.47. The quantitative estimate of drug-likeness (QED) is 0.658. The van der Waals surface area contributed by atoms with Crippen LogP contribution in [-0.4, -0.2) is 12.1 Å². The second-order valence-electron chi connectivity index (χ2n) is 3.84. The molecule has 3 nitrogen and oxygen atoms in total. The molecule has 1 N–H and O–H groups in total. The van der Waals surface area contributed by atoms with Crippen molar-refractivity contribution in [3.63, 3.8) is 0 Å². The highest BCUT2D eigenvalue weighted by molar-refractivity contribution is 6.35. The van der Waals surface area contributed by atoms with Crippen LogP contribution in [0.5, 0.6) is 0 Å². The van der Waals surface area contributed by atoms with Crippen LogP contribution in [0.25, 0.3) is 0 Å². The molecular weight excluding hydrogens is 319 g/mol. The molecule has 0 radical (unpaired) electrons. The highest BCUT2D eigenvalue weighted by Gasteiger charge is 2.09. The Morgan fingerprint density at radius 3 is 2.55 bits per heavy atom. The topological polar surface area (TPSA) is 41.5 Å². The number of hydrazone groups is 1. The van der Waals surface area contributed by atoms with Crippen molar-refractivity contribution in [2.75, 3.05) is 0 Å². The number of hydrogen-bond donors (Lipinski definition) is 1. The zero-order valence-corrected chi connectivity index (χ0v) is 12.4. The summed E-state index contributed by atoms with van der Waals surface area (Å²) in [7, 11) is 0. The molecule has 0 heterocycles. The van der Waals surface area contributed by atoms with E-state index in [4.69, 9.17) is 34.8 Å². The number of carbonyl (C=O) groups is 1. The molecule has 2 aromatic rings. The summed E-state index contributed by atoms with van der Waals surface area (Å²) < 4.78 is 0. The number of nitrogens with zero attached hydrogens (tertiary/aromatic N) is 1. The van der Waals surface area contributed by atoms with Crippen molar-refractivity contribution in [2.45, 2.75) is 0 Å². The summed E-state index contributed by atoms with van der Waals surface area (Å²) in [5.74, 6) is -0.444. The molecule has 2 rings (SSSR count). The monoisotopic (exact) mass is 326 g/mol. The SMILES string of the molecule is O=C(N/N=C\c1ccccc1Cl)c1cc(Cl)ccc1Cl. The van der Waals surface area contributed by atoms with E-state index in [2.05, 4.69) is 10.5 Å². The van der Waals surface area contributed by atoms with Crippen molar-refractivity contribution in [1.82, 2.24) is 5.43 Å². The summed E-state index contributed by atoms with van der Waals surface area (Å²) in [5.41, 5.74) is 3.33. The van der Waals surface area contributed by atoms with Crippen molar-refractivity contribution < 1.29 is 4.79 Å². The number of carbonyl (C=O) groups excluding carboxylic acids is 1. The molecule has 0 unspecified atom stereocenters. The van der Waals surface area contributed by atoms with E-state index in [9.17, 15) is 4.79 Å². The Morgan fingerprint density at radius 1 is 1.05 bits per heavy atom. The largest absolute Gasteiger partial charge is 0.272 e. The molecule has 0 aliphatic heterocycles. The van der Waals surface area contributed by atoms with Crippen LogP contribution in [0.3, 0.4) is 0 Å². The lowest BCUT2D eigenvalue weighted by molar-refractivity contribution is 0.0955. The van der Waals surface area contributed by atoms with E-state index in [-0.39, 0.29) is 5.56 Å². The minimum Gasteiger partial charge on any atom is -0.267 e. The second-order valence-corrected chi connectivity index (χ2v) is 5.10. The lowest BCUT2D eigenvalue weighted by Gasteiger charge is -2.03. The van der Waals surface area contributed by atoms with Crippen LogP contribution in [-0.2, 0) is 0 Å². The number of rotatable bonds is 3. The van der Waals surface area contributed by atoms with Gasteiger partial charge in [-0.05, 0) is 24.3 Å². The summed E-state index contributed by atoms with van der Waals surface area (Å²) in [6, 6.07) is 11.8. The van der Waals surface area contributed by atoms with Crippen LogP contribution in [0.2, 0.25) is 15.1 Å². The third kappa shape index (κ3) is 3.73. The predicted octanol–water partition coefficient (Wildman–Crippen LogP) is 4.41. The van der Waals surface area contributed by atoms with Gasteiger partial charge in [-0.2, -0.15) is 5.10 Å². The van der Waals surface area contributed by atoms with Crippen LogP contribution >= 0.6 is 34.8 Å². The summed E-state index contributed by atoms with van der Waals surface area (Å²) in [6.07, 6.45) is 1.46. The standard InChI is InChI=1S/C14H9Cl3N2O/c15-10-5-6-13(17)11(7-10)14(20)19-18-8-9-3-1-2-4-12(9)16/h1-8H,(H,19,20)/b18-8-. The van der Waals surface area contributed by atoms with Gasteiger partial charge in [0.1, 0.15) is 0 Å². The summed E-state index contributed by atoms with van der Waals surface area (Å²) in [4.78, 5) is 11.9. The molecule has 1 amide bonds. The molecule has 0 bridgehead atoms. The second kappa shape index (κ2) is 6.75. The first kappa shape index (κ1) is 14.9. The van der Waals surface area contributed by atoms with Gasteiger partial charge in [-0.25, -0.2) is 5.43 Å². The Balaban J connectivity index is 2.09. The molecule has 0 aliphatic carbocycles. The third-order valence-corrected chi connectivity index (χ3v) is 3.36. The zero-order valence-electron chi connectivity index (χ0n) is 10.1. The predicted molar refractivity (Wildman–Crippen MR) is 83.0 cm³/mol. The molecule has 0 aliphatic rings. The van der Waals surface area contributed by atoms with Crippen molar-refractivity contribution in [3.05, 3.63) is 68.7 Å². The lowest BCUT2D eigenvalue weighted by atomic mass is 10.2. The fraction of sp³-hybridized carbons (Fsp3) is 0. The van der Waals surface area contributed by atoms with E-state index in [1.165, 1.54) is 12.3 Å². The van der Waals surface area contributed by atoms with Crippen molar-refractivity contribution in [3.8, 4) is 0 Å². The summed E-state index contributed by atoms with van der Waals surface area (Å²) in [6.45, 7) is 0. The average Bonchev–Trinajstić information content (AvgIpc) is 2.43. The Bertz CT molecular complexity index is 671. The summed E-state index contributed by atoms with van der Waals surface area (Å²) >= 11 is 17.7. The first-order valence-corrected chi connectivity index (χ1v) is 6.74. The number of benzene rings is 2. The smallest absolute Gasteiger partial charge is 0.267 e. The van der Waals surface area contributed by atoms with Gasteiger partial charge in [-0.15, -0.1) is 0 Å². The van der Waals surface area contributed by atoms with Crippen molar-refractivity contribution in [1.29, 1.82) is 0 Å². The van der Waals surface area contributed by atoms with Gasteiger partial charge in [0.15, 0.2) is 0 Å². The van der Waals surface area contributed by atoms with E-state index in [0.29, 0.717) is 20.6 Å². The molecule has 102 valence electrons. The molecular formula is C14H9Cl3N2O. The van der Waals surface area contributed by atoms with Crippen molar-refractivity contribution >= 4 is 46.9 Å². The highest BCUT2D eigenvalue weighted by Crippen LogP contribution is 2.20. The van der Waals surface area contributed by atoms with Crippen LogP contribution in [0.1, 0.15) is 15.9 Å². The zero-order chi connectivity index (χ0) is 14.5. The van der Waals surface area contributed by atoms with Crippen LogP contribution in [0.4, 0.5) is 0 Å². The maximum atomic E-state index is 11.9. The van der Waals surface area contributed by atoms with Crippen LogP contribution < -0.4 is 5.43 Å². The molecule has 20 heavy (non-hydrogen) atoms. The van der Waals surface area contributed by atoms with Gasteiger partial charge in [0, 0.05) is 15.6 Å². The van der Waals surface area contributed by atoms with E-state index >= 15 is 0 Å². The number of nitrogens with one attached hydrogen (secondary N) is 1. The Morgan fingerprint density at radius 2 is 1.80 bits per heavy atom. The minimum atomic E-state index is -0.444. The summed E-state index contributed by atoms with van der Waals surface area (Å²) in [5, 5.41) is 5.12. The van der Waals surface area contributed by atoms with Crippen molar-refractivity contribution in [2.24, 2.45) is 5.10 Å². The molecule has 0 fully saturated rings. The highest BCUT2D eigenvalue weighted by atomic mass is 35.5. The molecule has 0 saturated heterocycles. The average molecular weight is 328 g/mol. The van der Waals surface area contributed by atoms with E-state index < -0.39 is 5.91 Å². The Hall–Kier alpha value is -1.55. The Kier molecular flexibility index (Phi) is 5.01. The molecule has 0 aromatic heterocycles. The molecule has 0 saturated carbocycles. The van der Waals surface area contributed by atoms with Gasteiger partial charge in [-0.3, -0.25) is 4.79 Å². The molecule has 6 heteroatoms. The van der Waals surface area contributed by atoms with Gasteiger partial charge in [0.25, 0.3) is 5.91 Å².